The van der Waals surface area contributed by atoms with Gasteiger partial charge in [-0.2, -0.15) is 0 Å². The fraction of sp³-hybridized carbons (Fsp3) is 0.333. The second-order valence-corrected chi connectivity index (χ2v) is 6.80. The van der Waals surface area contributed by atoms with Gasteiger partial charge in [-0.05, 0) is 75.0 Å². The number of aromatic amines is 1. The molecule has 0 saturated carbocycles. The highest BCUT2D eigenvalue weighted by molar-refractivity contribution is 5.93. The third kappa shape index (κ3) is 2.87. The van der Waals surface area contributed by atoms with Crippen LogP contribution in [-0.2, 0) is 6.42 Å². The topological polar surface area (TPSA) is 60.3 Å². The van der Waals surface area contributed by atoms with Crippen molar-refractivity contribution in [2.45, 2.75) is 33.1 Å². The fourth-order valence-corrected chi connectivity index (χ4v) is 3.71. The van der Waals surface area contributed by atoms with Crippen molar-refractivity contribution in [1.82, 2.24) is 4.98 Å². The first-order valence-corrected chi connectivity index (χ1v) is 8.89. The lowest BCUT2D eigenvalue weighted by molar-refractivity contribution is 0.174. The summed E-state index contributed by atoms with van der Waals surface area (Å²) in [6, 6.07) is 10.7. The van der Waals surface area contributed by atoms with Gasteiger partial charge in [0.1, 0.15) is 0 Å². The molecule has 0 bridgehead atoms. The second-order valence-electron chi connectivity index (χ2n) is 6.80. The number of hydrogen-bond acceptors (Lipinski definition) is 3. The van der Waals surface area contributed by atoms with Gasteiger partial charge in [0.2, 0.25) is 6.79 Å². The van der Waals surface area contributed by atoms with Gasteiger partial charge in [0, 0.05) is 22.2 Å². The quantitative estimate of drug-likeness (QED) is 0.676. The third-order valence-corrected chi connectivity index (χ3v) is 4.90. The summed E-state index contributed by atoms with van der Waals surface area (Å²) >= 11 is 0. The minimum absolute atomic E-state index is 0.299. The van der Waals surface area contributed by atoms with Crippen molar-refractivity contribution in [2.75, 3.05) is 13.3 Å². The maximum atomic E-state index is 5.70. The van der Waals surface area contributed by atoms with Gasteiger partial charge < -0.3 is 20.2 Å². The summed E-state index contributed by atoms with van der Waals surface area (Å²) in [5, 5.41) is 1.32. The lowest BCUT2D eigenvalue weighted by atomic mass is 9.98. The lowest BCUT2D eigenvalue weighted by Crippen LogP contribution is -1.99. The Morgan fingerprint density at radius 3 is 2.72 bits per heavy atom. The Morgan fingerprint density at radius 2 is 1.88 bits per heavy atom. The molecular formula is C21H24N2O2. The van der Waals surface area contributed by atoms with Crippen molar-refractivity contribution in [1.29, 1.82) is 0 Å². The van der Waals surface area contributed by atoms with Gasteiger partial charge >= 0.3 is 0 Å². The Labute approximate surface area is 147 Å². The molecule has 0 fully saturated rings. The van der Waals surface area contributed by atoms with Crippen LogP contribution in [0.3, 0.4) is 0 Å². The zero-order chi connectivity index (χ0) is 17.4. The first-order chi connectivity index (χ1) is 12.2. The molecule has 130 valence electrons. The van der Waals surface area contributed by atoms with E-state index in [1.165, 1.54) is 33.3 Å². The molecule has 1 aliphatic rings. The molecule has 1 aliphatic heterocycles. The van der Waals surface area contributed by atoms with E-state index in [0.717, 1.165) is 42.9 Å². The van der Waals surface area contributed by atoms with E-state index in [-0.39, 0.29) is 0 Å². The minimum Gasteiger partial charge on any atom is -0.454 e. The van der Waals surface area contributed by atoms with Crippen LogP contribution in [0.2, 0.25) is 0 Å². The number of fused-ring (bicyclic) bond motifs is 2. The van der Waals surface area contributed by atoms with Crippen LogP contribution < -0.4 is 15.2 Å². The summed E-state index contributed by atoms with van der Waals surface area (Å²) in [5.41, 5.74) is 13.2. The predicted molar refractivity (Wildman–Crippen MR) is 101 cm³/mol. The van der Waals surface area contributed by atoms with Crippen LogP contribution in [-0.4, -0.2) is 18.3 Å². The molecule has 0 atom stereocenters. The highest BCUT2D eigenvalue weighted by atomic mass is 16.7. The summed E-state index contributed by atoms with van der Waals surface area (Å²) in [6.45, 7) is 5.36. The van der Waals surface area contributed by atoms with E-state index >= 15 is 0 Å². The number of benzene rings is 2. The standard InChI is InChI=1S/C21H24N2O2/c1-13-9-14(2)20-17(10-13)16(5-3-4-8-22)21(23-20)15-6-7-18-19(11-15)25-12-24-18/h6-7,9-11,23H,3-5,8,12,22H2,1-2H3. The maximum absolute atomic E-state index is 5.70. The molecule has 3 aromatic rings. The average Bonchev–Trinajstić information content (AvgIpc) is 3.19. The third-order valence-electron chi connectivity index (χ3n) is 4.90. The van der Waals surface area contributed by atoms with E-state index in [1.807, 2.05) is 6.07 Å². The molecule has 0 unspecified atom stereocenters. The first kappa shape index (κ1) is 16.0. The van der Waals surface area contributed by atoms with E-state index < -0.39 is 0 Å². The van der Waals surface area contributed by atoms with Crippen LogP contribution in [0, 0.1) is 13.8 Å². The number of nitrogens with two attached hydrogens (primary N) is 1. The number of unbranched alkanes of at least 4 members (excludes halogenated alkanes) is 1. The fourth-order valence-electron chi connectivity index (χ4n) is 3.71. The molecule has 25 heavy (non-hydrogen) atoms. The zero-order valence-corrected chi connectivity index (χ0v) is 14.8. The van der Waals surface area contributed by atoms with E-state index in [1.54, 1.807) is 0 Å². The maximum Gasteiger partial charge on any atom is 0.231 e. The Morgan fingerprint density at radius 1 is 1.04 bits per heavy atom. The predicted octanol–water partition coefficient (Wildman–Crippen LogP) is 4.46. The van der Waals surface area contributed by atoms with Gasteiger partial charge in [0.15, 0.2) is 11.5 Å². The number of nitrogens with one attached hydrogen (secondary N) is 1. The summed E-state index contributed by atoms with van der Waals surface area (Å²) in [6.07, 6.45) is 3.15. The minimum atomic E-state index is 0.299. The summed E-state index contributed by atoms with van der Waals surface area (Å²) in [7, 11) is 0. The van der Waals surface area contributed by atoms with Crippen LogP contribution in [0.5, 0.6) is 11.5 Å². The molecule has 4 rings (SSSR count). The van der Waals surface area contributed by atoms with Crippen molar-refractivity contribution in [3.05, 3.63) is 47.0 Å². The SMILES string of the molecule is Cc1cc(C)c2[nH]c(-c3ccc4c(c3)OCO4)c(CCCCN)c2c1. The number of hydrogen-bond donors (Lipinski definition) is 2. The number of ether oxygens (including phenoxy) is 2. The molecule has 2 aromatic carbocycles. The van der Waals surface area contributed by atoms with Crippen LogP contribution in [0.15, 0.2) is 30.3 Å². The van der Waals surface area contributed by atoms with Crippen molar-refractivity contribution < 1.29 is 9.47 Å². The molecule has 0 spiro atoms. The van der Waals surface area contributed by atoms with Crippen LogP contribution >= 0.6 is 0 Å². The number of aromatic nitrogens is 1. The highest BCUT2D eigenvalue weighted by Gasteiger charge is 2.18. The lowest BCUT2D eigenvalue weighted by Gasteiger charge is -2.07. The van der Waals surface area contributed by atoms with E-state index in [4.69, 9.17) is 15.2 Å². The van der Waals surface area contributed by atoms with Gasteiger partial charge in [-0.25, -0.2) is 0 Å². The molecule has 0 aliphatic carbocycles. The monoisotopic (exact) mass is 336 g/mol. The van der Waals surface area contributed by atoms with Gasteiger partial charge in [-0.3, -0.25) is 0 Å². The normalized spacial score (nSPS) is 12.9. The van der Waals surface area contributed by atoms with Gasteiger partial charge in [0.25, 0.3) is 0 Å². The Hall–Kier alpha value is -2.46. The van der Waals surface area contributed by atoms with Crippen molar-refractivity contribution in [3.63, 3.8) is 0 Å². The summed E-state index contributed by atoms with van der Waals surface area (Å²) in [4.78, 5) is 3.67. The van der Waals surface area contributed by atoms with Crippen molar-refractivity contribution in [2.24, 2.45) is 5.73 Å². The first-order valence-electron chi connectivity index (χ1n) is 8.89. The number of rotatable bonds is 5. The van der Waals surface area contributed by atoms with Gasteiger partial charge in [0.05, 0.1) is 0 Å². The molecule has 4 nitrogen and oxygen atoms in total. The molecule has 1 aromatic heterocycles. The highest BCUT2D eigenvalue weighted by Crippen LogP contribution is 2.39. The van der Waals surface area contributed by atoms with Crippen molar-refractivity contribution in [3.8, 4) is 22.8 Å². The zero-order valence-electron chi connectivity index (χ0n) is 14.8. The van der Waals surface area contributed by atoms with Gasteiger partial charge in [-0.1, -0.05) is 11.6 Å². The molecule has 4 heteroatoms. The average molecular weight is 336 g/mol. The largest absolute Gasteiger partial charge is 0.454 e. The molecular weight excluding hydrogens is 312 g/mol. The Balaban J connectivity index is 1.86. The Bertz CT molecular complexity index is 927. The Kier molecular flexibility index (Phi) is 4.14. The van der Waals surface area contributed by atoms with E-state index in [0.29, 0.717) is 6.79 Å². The van der Waals surface area contributed by atoms with Crippen LogP contribution in [0.4, 0.5) is 0 Å². The smallest absolute Gasteiger partial charge is 0.231 e. The van der Waals surface area contributed by atoms with Crippen molar-refractivity contribution >= 4 is 10.9 Å². The number of aryl methyl sites for hydroxylation is 3. The molecule has 2 heterocycles. The van der Waals surface area contributed by atoms with Crippen LogP contribution in [0.25, 0.3) is 22.2 Å². The van der Waals surface area contributed by atoms with E-state index in [9.17, 15) is 0 Å². The molecule has 3 N–H and O–H groups in total. The van der Waals surface area contributed by atoms with Crippen LogP contribution in [0.1, 0.15) is 29.5 Å². The number of H-pyrrole nitrogens is 1. The second kappa shape index (κ2) is 6.45. The molecule has 0 amide bonds. The van der Waals surface area contributed by atoms with E-state index in [2.05, 4.69) is 43.1 Å². The molecule has 0 radical (unpaired) electrons. The summed E-state index contributed by atoms with van der Waals surface area (Å²) in [5.74, 6) is 1.63. The molecule has 0 saturated heterocycles. The summed E-state index contributed by atoms with van der Waals surface area (Å²) < 4.78 is 11.0. The van der Waals surface area contributed by atoms with Gasteiger partial charge in [-0.15, -0.1) is 0 Å².